The highest BCUT2D eigenvalue weighted by Crippen LogP contribution is 2.28. The number of hydrogen-bond acceptors (Lipinski definition) is 5. The van der Waals surface area contributed by atoms with Crippen molar-refractivity contribution in [1.82, 2.24) is 5.32 Å². The minimum atomic E-state index is -0.931. The van der Waals surface area contributed by atoms with E-state index in [0.717, 1.165) is 17.3 Å². The Kier molecular flexibility index (Phi) is 5.34. The zero-order valence-corrected chi connectivity index (χ0v) is 14.9. The van der Waals surface area contributed by atoms with Crippen LogP contribution in [0.1, 0.15) is 15.9 Å². The lowest BCUT2D eigenvalue weighted by Gasteiger charge is -2.06. The minimum Gasteiger partial charge on any atom is -0.423 e. The van der Waals surface area contributed by atoms with Gasteiger partial charge in [0.05, 0.1) is 20.5 Å². The van der Waals surface area contributed by atoms with Gasteiger partial charge in [0.15, 0.2) is 5.56 Å². The molecule has 1 aliphatic rings. The summed E-state index contributed by atoms with van der Waals surface area (Å²) in [5.41, 5.74) is 0.133. The van der Waals surface area contributed by atoms with Gasteiger partial charge in [-0.25, -0.2) is 4.79 Å². The van der Waals surface area contributed by atoms with Crippen LogP contribution in [0.15, 0.2) is 47.4 Å². The van der Waals surface area contributed by atoms with Gasteiger partial charge in [0.25, 0.3) is 5.91 Å². The molecule has 8 heteroatoms. The molecule has 1 fully saturated rings. The zero-order valence-electron chi connectivity index (χ0n) is 12.5. The van der Waals surface area contributed by atoms with E-state index in [1.165, 1.54) is 6.07 Å². The zero-order chi connectivity index (χ0) is 18.0. The van der Waals surface area contributed by atoms with Crippen LogP contribution in [0.2, 0.25) is 10.0 Å². The topological polar surface area (TPSA) is 75.6 Å². The molecule has 0 bridgehead atoms. The first-order valence-corrected chi connectivity index (χ1v) is 8.70. The van der Waals surface area contributed by atoms with Crippen molar-refractivity contribution in [1.29, 1.82) is 0 Å². The Labute approximate surface area is 157 Å². The van der Waals surface area contributed by atoms with Crippen molar-refractivity contribution in [2.45, 2.75) is 5.56 Å². The molecule has 1 aliphatic heterocycles. The fraction of sp³-hybridized carbons (Fsp3) is 0.0588. The first kappa shape index (κ1) is 17.8. The maximum Gasteiger partial charge on any atom is 0.343 e. The molecule has 2 aromatic rings. The quantitative estimate of drug-likeness (QED) is 0.470. The summed E-state index contributed by atoms with van der Waals surface area (Å²) in [7, 11) is 0. The standard InChI is InChI=1S/C17H11Cl2NO4S/c18-12-6-5-11(8-13(12)19)24-16(22)10-3-1-9(2-4-10)7-14-15(21)20-17(23)25-14/h1-8,17,23H,(H,20,21)/b14-7-. The van der Waals surface area contributed by atoms with Crippen molar-refractivity contribution < 1.29 is 19.4 Å². The first-order chi connectivity index (χ1) is 11.9. The number of halogens is 2. The largest absolute Gasteiger partial charge is 0.423 e. The van der Waals surface area contributed by atoms with Gasteiger partial charge in [-0.1, -0.05) is 47.1 Å². The molecule has 2 aromatic carbocycles. The van der Waals surface area contributed by atoms with Gasteiger partial charge in [0.1, 0.15) is 5.75 Å². The molecular formula is C17H11Cl2NO4S. The van der Waals surface area contributed by atoms with Crippen LogP contribution in [0.4, 0.5) is 0 Å². The lowest BCUT2D eigenvalue weighted by molar-refractivity contribution is -0.117. The van der Waals surface area contributed by atoms with E-state index >= 15 is 0 Å². The van der Waals surface area contributed by atoms with Crippen molar-refractivity contribution in [2.75, 3.05) is 0 Å². The molecule has 1 atom stereocenters. The van der Waals surface area contributed by atoms with Gasteiger partial charge in [-0.2, -0.15) is 0 Å². The summed E-state index contributed by atoms with van der Waals surface area (Å²) in [6.45, 7) is 0. The van der Waals surface area contributed by atoms with Crippen LogP contribution < -0.4 is 10.1 Å². The number of aliphatic hydroxyl groups is 1. The van der Waals surface area contributed by atoms with Crippen LogP contribution in [0.25, 0.3) is 6.08 Å². The van der Waals surface area contributed by atoms with Crippen molar-refractivity contribution >= 4 is 52.9 Å². The molecule has 1 amide bonds. The van der Waals surface area contributed by atoms with E-state index in [1.807, 2.05) is 0 Å². The van der Waals surface area contributed by atoms with Crippen LogP contribution in [0.5, 0.6) is 5.75 Å². The van der Waals surface area contributed by atoms with E-state index in [-0.39, 0.29) is 5.91 Å². The highest BCUT2D eigenvalue weighted by atomic mass is 35.5. The van der Waals surface area contributed by atoms with E-state index in [2.05, 4.69) is 5.32 Å². The number of hydrogen-bond donors (Lipinski definition) is 2. The molecule has 1 unspecified atom stereocenters. The molecular weight excluding hydrogens is 385 g/mol. The number of carbonyl (C=O) groups excluding carboxylic acids is 2. The summed E-state index contributed by atoms with van der Waals surface area (Å²) in [6, 6.07) is 11.1. The molecule has 0 aromatic heterocycles. The Morgan fingerprint density at radius 2 is 1.88 bits per heavy atom. The third-order valence-electron chi connectivity index (χ3n) is 3.26. The summed E-state index contributed by atoms with van der Waals surface area (Å²) in [5, 5.41) is 12.4. The van der Waals surface area contributed by atoms with Gasteiger partial charge < -0.3 is 15.2 Å². The van der Waals surface area contributed by atoms with Crippen molar-refractivity contribution in [2.24, 2.45) is 0 Å². The Morgan fingerprint density at radius 1 is 1.16 bits per heavy atom. The molecule has 0 aliphatic carbocycles. The van der Waals surface area contributed by atoms with Crippen LogP contribution >= 0.6 is 35.0 Å². The molecule has 0 spiro atoms. The van der Waals surface area contributed by atoms with Gasteiger partial charge in [0, 0.05) is 6.07 Å². The predicted molar refractivity (Wildman–Crippen MR) is 97.6 cm³/mol. The lowest BCUT2D eigenvalue weighted by atomic mass is 10.1. The summed E-state index contributed by atoms with van der Waals surface area (Å²) in [6.07, 6.45) is 1.63. The molecule has 5 nitrogen and oxygen atoms in total. The van der Waals surface area contributed by atoms with Gasteiger partial charge in [-0.15, -0.1) is 0 Å². The fourth-order valence-electron chi connectivity index (χ4n) is 2.06. The maximum atomic E-state index is 12.1. The van der Waals surface area contributed by atoms with Crippen LogP contribution in [0.3, 0.4) is 0 Å². The number of carbonyl (C=O) groups is 2. The number of thioether (sulfide) groups is 1. The summed E-state index contributed by atoms with van der Waals surface area (Å²) < 4.78 is 5.24. The summed E-state index contributed by atoms with van der Waals surface area (Å²) in [4.78, 5) is 24.1. The van der Waals surface area contributed by atoms with E-state index in [1.54, 1.807) is 42.5 Å². The summed E-state index contributed by atoms with van der Waals surface area (Å²) in [5.74, 6) is -0.583. The predicted octanol–water partition coefficient (Wildman–Crippen LogP) is 3.69. The number of ether oxygens (including phenoxy) is 1. The number of benzene rings is 2. The van der Waals surface area contributed by atoms with Crippen molar-refractivity contribution in [3.8, 4) is 5.75 Å². The molecule has 3 rings (SSSR count). The normalized spacial score (nSPS) is 18.3. The first-order valence-electron chi connectivity index (χ1n) is 7.07. The average molecular weight is 396 g/mol. The van der Waals surface area contributed by atoms with E-state index in [0.29, 0.717) is 26.3 Å². The second-order valence-electron chi connectivity index (χ2n) is 5.04. The summed E-state index contributed by atoms with van der Waals surface area (Å²) >= 11 is 12.7. The molecule has 128 valence electrons. The molecule has 0 radical (unpaired) electrons. The molecule has 0 saturated carbocycles. The monoisotopic (exact) mass is 395 g/mol. The van der Waals surface area contributed by atoms with Gasteiger partial charge in [0.2, 0.25) is 0 Å². The number of rotatable bonds is 3. The Hall–Kier alpha value is -1.99. The average Bonchev–Trinajstić information content (AvgIpc) is 2.89. The van der Waals surface area contributed by atoms with E-state index in [9.17, 15) is 14.7 Å². The second-order valence-corrected chi connectivity index (χ2v) is 6.98. The number of esters is 1. The van der Waals surface area contributed by atoms with E-state index in [4.69, 9.17) is 27.9 Å². The number of amides is 1. The number of nitrogens with one attached hydrogen (secondary N) is 1. The van der Waals surface area contributed by atoms with Crippen LogP contribution in [0, 0.1) is 0 Å². The lowest BCUT2D eigenvalue weighted by Crippen LogP contribution is -2.23. The SMILES string of the molecule is O=C1NC(O)S/C1=C\c1ccc(C(=O)Oc2ccc(Cl)c(Cl)c2)cc1. The Bertz CT molecular complexity index is 867. The third kappa shape index (κ3) is 4.35. The Balaban J connectivity index is 1.71. The highest BCUT2D eigenvalue weighted by Gasteiger charge is 2.24. The Morgan fingerprint density at radius 3 is 2.48 bits per heavy atom. The molecule has 25 heavy (non-hydrogen) atoms. The highest BCUT2D eigenvalue weighted by molar-refractivity contribution is 8.05. The van der Waals surface area contributed by atoms with Crippen LogP contribution in [-0.2, 0) is 4.79 Å². The van der Waals surface area contributed by atoms with Gasteiger partial charge >= 0.3 is 5.97 Å². The second kappa shape index (κ2) is 7.49. The number of aliphatic hydroxyl groups excluding tert-OH is 1. The smallest absolute Gasteiger partial charge is 0.343 e. The van der Waals surface area contributed by atoms with Crippen molar-refractivity contribution in [3.63, 3.8) is 0 Å². The van der Waals surface area contributed by atoms with E-state index < -0.39 is 11.5 Å². The van der Waals surface area contributed by atoms with Gasteiger partial charge in [-0.05, 0) is 35.9 Å². The van der Waals surface area contributed by atoms with Crippen LogP contribution in [-0.4, -0.2) is 22.5 Å². The molecule has 2 N–H and O–H groups in total. The fourth-order valence-corrected chi connectivity index (χ4v) is 3.12. The molecule has 1 heterocycles. The molecule has 1 saturated heterocycles. The maximum absolute atomic E-state index is 12.1. The third-order valence-corrected chi connectivity index (χ3v) is 4.90. The van der Waals surface area contributed by atoms with Crippen molar-refractivity contribution in [3.05, 3.63) is 68.5 Å². The minimum absolute atomic E-state index is 0.290. The van der Waals surface area contributed by atoms with Gasteiger partial charge in [-0.3, -0.25) is 4.79 Å².